The minimum atomic E-state index is -3.49. The average Bonchev–Trinajstić information content (AvgIpc) is 2.75. The van der Waals surface area contributed by atoms with Crippen LogP contribution in [0.4, 0.5) is 5.69 Å². The molecular formula is C12H18N2O3S2. The van der Waals surface area contributed by atoms with Gasteiger partial charge in [0, 0.05) is 16.8 Å². The molecule has 0 aromatic heterocycles. The smallest absolute Gasteiger partial charge is 0.242 e. The number of anilines is 1. The van der Waals surface area contributed by atoms with Crippen LogP contribution in [-0.2, 0) is 14.8 Å². The van der Waals surface area contributed by atoms with Gasteiger partial charge in [-0.3, -0.25) is 0 Å². The Hall–Kier alpha value is -0.760. The fourth-order valence-corrected chi connectivity index (χ4v) is 4.01. The lowest BCUT2D eigenvalue weighted by Gasteiger charge is -2.14. The first-order valence-electron chi connectivity index (χ1n) is 6.05. The number of sulfonamides is 1. The molecule has 1 saturated heterocycles. The van der Waals surface area contributed by atoms with Crippen molar-refractivity contribution < 1.29 is 13.2 Å². The fourth-order valence-electron chi connectivity index (χ4n) is 2.00. The summed E-state index contributed by atoms with van der Waals surface area (Å²) in [5.41, 5.74) is 6.10. The highest BCUT2D eigenvalue weighted by molar-refractivity contribution is 8.00. The van der Waals surface area contributed by atoms with Crippen molar-refractivity contribution in [1.29, 1.82) is 0 Å². The van der Waals surface area contributed by atoms with Crippen LogP contribution in [0.5, 0.6) is 0 Å². The molecule has 2 unspecified atom stereocenters. The van der Waals surface area contributed by atoms with E-state index in [0.29, 0.717) is 5.25 Å². The van der Waals surface area contributed by atoms with E-state index in [1.165, 1.54) is 7.05 Å². The van der Waals surface area contributed by atoms with Crippen LogP contribution in [0.25, 0.3) is 0 Å². The van der Waals surface area contributed by atoms with E-state index in [1.807, 2.05) is 6.92 Å². The molecule has 1 aromatic rings. The molecule has 0 radical (unpaired) electrons. The minimum Gasteiger partial charge on any atom is -0.398 e. The monoisotopic (exact) mass is 302 g/mol. The lowest BCUT2D eigenvalue weighted by atomic mass is 10.3. The molecule has 0 aliphatic carbocycles. The second-order valence-corrected chi connectivity index (χ2v) is 7.60. The highest BCUT2D eigenvalue weighted by Crippen LogP contribution is 2.34. The Labute approximate surface area is 118 Å². The number of hydrogen-bond acceptors (Lipinski definition) is 5. The Morgan fingerprint density at radius 3 is 2.74 bits per heavy atom. The van der Waals surface area contributed by atoms with Crippen molar-refractivity contribution in [2.45, 2.75) is 34.5 Å². The molecule has 1 aliphatic rings. The van der Waals surface area contributed by atoms with E-state index in [-0.39, 0.29) is 16.7 Å². The number of thioether (sulfide) groups is 1. The molecule has 0 spiro atoms. The molecule has 19 heavy (non-hydrogen) atoms. The topological polar surface area (TPSA) is 81.4 Å². The van der Waals surface area contributed by atoms with Gasteiger partial charge >= 0.3 is 0 Å². The summed E-state index contributed by atoms with van der Waals surface area (Å²) in [5, 5.41) is 0.395. The number of nitrogens with two attached hydrogens (primary N) is 1. The van der Waals surface area contributed by atoms with Gasteiger partial charge in [-0.25, -0.2) is 13.1 Å². The normalized spacial score (nSPS) is 23.7. The maximum Gasteiger partial charge on any atom is 0.242 e. The van der Waals surface area contributed by atoms with Crippen molar-refractivity contribution >= 4 is 27.5 Å². The predicted molar refractivity (Wildman–Crippen MR) is 76.8 cm³/mol. The first-order chi connectivity index (χ1) is 8.94. The van der Waals surface area contributed by atoms with Crippen molar-refractivity contribution in [1.82, 2.24) is 4.72 Å². The average molecular weight is 302 g/mol. The molecule has 1 aromatic carbocycles. The number of rotatable bonds is 4. The third-order valence-electron chi connectivity index (χ3n) is 3.13. The molecule has 1 heterocycles. The molecule has 0 amide bonds. The molecule has 3 N–H and O–H groups in total. The van der Waals surface area contributed by atoms with Crippen LogP contribution in [0.2, 0.25) is 0 Å². The molecule has 106 valence electrons. The van der Waals surface area contributed by atoms with Gasteiger partial charge in [-0.1, -0.05) is 0 Å². The largest absolute Gasteiger partial charge is 0.398 e. The SMILES string of the molecule is CNS(=O)(=O)c1ccc(SC2CCOC2C)cc1N. The van der Waals surface area contributed by atoms with E-state index in [1.54, 1.807) is 30.0 Å². The fraction of sp³-hybridized carbons (Fsp3) is 0.500. The Morgan fingerprint density at radius 1 is 1.47 bits per heavy atom. The van der Waals surface area contributed by atoms with Crippen LogP contribution in [0.3, 0.4) is 0 Å². The lowest BCUT2D eigenvalue weighted by molar-refractivity contribution is 0.127. The second-order valence-electron chi connectivity index (χ2n) is 4.43. The van der Waals surface area contributed by atoms with Gasteiger partial charge < -0.3 is 10.5 Å². The molecule has 1 fully saturated rings. The summed E-state index contributed by atoms with van der Waals surface area (Å²) in [7, 11) is -2.12. The summed E-state index contributed by atoms with van der Waals surface area (Å²) >= 11 is 1.68. The first-order valence-corrected chi connectivity index (χ1v) is 8.41. The molecule has 0 bridgehead atoms. The number of ether oxygens (including phenoxy) is 1. The lowest BCUT2D eigenvalue weighted by Crippen LogP contribution is -2.20. The molecule has 2 atom stereocenters. The number of nitrogens with one attached hydrogen (secondary N) is 1. The second kappa shape index (κ2) is 5.70. The van der Waals surface area contributed by atoms with Gasteiger partial charge in [0.1, 0.15) is 4.90 Å². The first kappa shape index (κ1) is 14.6. The van der Waals surface area contributed by atoms with Crippen molar-refractivity contribution in [2.24, 2.45) is 0 Å². The van der Waals surface area contributed by atoms with Gasteiger partial charge in [-0.2, -0.15) is 0 Å². The van der Waals surface area contributed by atoms with Crippen LogP contribution in [0.1, 0.15) is 13.3 Å². The molecule has 0 saturated carbocycles. The van der Waals surface area contributed by atoms with E-state index in [9.17, 15) is 8.42 Å². The number of hydrogen-bond donors (Lipinski definition) is 2. The summed E-state index contributed by atoms with van der Waals surface area (Å²) in [6.45, 7) is 2.83. The summed E-state index contributed by atoms with van der Waals surface area (Å²) in [6.07, 6.45) is 1.22. The molecule has 5 nitrogen and oxygen atoms in total. The van der Waals surface area contributed by atoms with Crippen LogP contribution < -0.4 is 10.5 Å². The van der Waals surface area contributed by atoms with Crippen molar-refractivity contribution in [3.63, 3.8) is 0 Å². The quantitative estimate of drug-likeness (QED) is 0.823. The summed E-state index contributed by atoms with van der Waals surface area (Å²) in [6, 6.07) is 5.04. The third kappa shape index (κ3) is 3.22. The van der Waals surface area contributed by atoms with E-state index < -0.39 is 10.0 Å². The third-order valence-corrected chi connectivity index (χ3v) is 6.07. The highest BCUT2D eigenvalue weighted by atomic mass is 32.2. The van der Waals surface area contributed by atoms with E-state index in [4.69, 9.17) is 10.5 Å². The Balaban J connectivity index is 2.20. The van der Waals surface area contributed by atoms with Crippen LogP contribution in [0.15, 0.2) is 28.0 Å². The predicted octanol–water partition coefficient (Wildman–Crippen LogP) is 1.45. The minimum absolute atomic E-state index is 0.120. The van der Waals surface area contributed by atoms with Crippen molar-refractivity contribution in [2.75, 3.05) is 19.4 Å². The summed E-state index contributed by atoms with van der Waals surface area (Å²) < 4.78 is 31.2. The van der Waals surface area contributed by atoms with Gasteiger partial charge in [0.05, 0.1) is 11.8 Å². The summed E-state index contributed by atoms with van der Waals surface area (Å²) in [5.74, 6) is 0. The molecular weight excluding hydrogens is 284 g/mol. The van der Waals surface area contributed by atoms with Crippen LogP contribution >= 0.6 is 11.8 Å². The molecule has 1 aliphatic heterocycles. The standard InChI is InChI=1S/C12H18N2O3S2/c1-8-11(5-6-17-8)18-9-3-4-12(10(13)7-9)19(15,16)14-2/h3-4,7-8,11,14H,5-6,13H2,1-2H3. The van der Waals surface area contributed by atoms with Crippen LogP contribution in [-0.4, -0.2) is 33.4 Å². The highest BCUT2D eigenvalue weighted by Gasteiger charge is 2.25. The maximum absolute atomic E-state index is 11.7. The Bertz CT molecular complexity index is 560. The number of nitrogen functional groups attached to an aromatic ring is 1. The number of benzene rings is 1. The van der Waals surface area contributed by atoms with Crippen LogP contribution in [0, 0.1) is 0 Å². The van der Waals surface area contributed by atoms with Gasteiger partial charge in [-0.05, 0) is 38.6 Å². The Kier molecular flexibility index (Phi) is 4.39. The summed E-state index contributed by atoms with van der Waals surface area (Å²) in [4.78, 5) is 1.09. The zero-order valence-electron chi connectivity index (χ0n) is 10.9. The van der Waals surface area contributed by atoms with Gasteiger partial charge in [0.2, 0.25) is 10.0 Å². The zero-order chi connectivity index (χ0) is 14.0. The van der Waals surface area contributed by atoms with Gasteiger partial charge in [0.25, 0.3) is 0 Å². The van der Waals surface area contributed by atoms with Crippen molar-refractivity contribution in [3.05, 3.63) is 18.2 Å². The van der Waals surface area contributed by atoms with Gasteiger partial charge in [0.15, 0.2) is 0 Å². The van der Waals surface area contributed by atoms with E-state index in [2.05, 4.69) is 4.72 Å². The van der Waals surface area contributed by atoms with E-state index in [0.717, 1.165) is 17.9 Å². The van der Waals surface area contributed by atoms with Crippen molar-refractivity contribution in [3.8, 4) is 0 Å². The van der Waals surface area contributed by atoms with E-state index >= 15 is 0 Å². The Morgan fingerprint density at radius 2 is 2.21 bits per heavy atom. The zero-order valence-corrected chi connectivity index (χ0v) is 12.6. The molecule has 7 heteroatoms. The maximum atomic E-state index is 11.7. The van der Waals surface area contributed by atoms with Gasteiger partial charge in [-0.15, -0.1) is 11.8 Å². The molecule has 2 rings (SSSR count).